The highest BCUT2D eigenvalue weighted by atomic mass is 32.2. The number of nitrogens with one attached hydrogen (secondary N) is 1. The van der Waals surface area contributed by atoms with Gasteiger partial charge in [-0.2, -0.15) is 0 Å². The Balaban J connectivity index is 1.53. The molecule has 0 radical (unpaired) electrons. The summed E-state index contributed by atoms with van der Waals surface area (Å²) in [5.41, 5.74) is 1.62. The van der Waals surface area contributed by atoms with Gasteiger partial charge in [0, 0.05) is 16.7 Å². The van der Waals surface area contributed by atoms with Gasteiger partial charge in [-0.3, -0.25) is 19.3 Å². The van der Waals surface area contributed by atoms with Gasteiger partial charge in [-0.05, 0) is 24.3 Å². The van der Waals surface area contributed by atoms with Crippen molar-refractivity contribution in [2.24, 2.45) is 0 Å². The Bertz CT molecular complexity index is 1090. The molecule has 1 aliphatic heterocycles. The first-order chi connectivity index (χ1) is 14.1. The Morgan fingerprint density at radius 2 is 1.72 bits per heavy atom. The Labute approximate surface area is 172 Å². The van der Waals surface area contributed by atoms with Gasteiger partial charge in [0.2, 0.25) is 5.91 Å². The zero-order valence-electron chi connectivity index (χ0n) is 15.4. The van der Waals surface area contributed by atoms with E-state index in [0.717, 1.165) is 4.90 Å². The molecule has 144 valence electrons. The average molecular weight is 403 g/mol. The highest BCUT2D eigenvalue weighted by molar-refractivity contribution is 7.99. The SMILES string of the molecule is O=C(CN1C(=O)c2ccccc2Sc2ncccc21)NCC(=O)c1ccccc1. The van der Waals surface area contributed by atoms with Crippen LogP contribution in [0.3, 0.4) is 0 Å². The standard InChI is InChI=1S/C22H17N3O3S/c26-18(15-7-2-1-3-8-15)13-24-20(27)14-25-17-10-6-12-23-21(17)29-19-11-5-4-9-16(19)22(25)28/h1-12H,13-14H2,(H,24,27). The third-order valence-corrected chi connectivity index (χ3v) is 5.54. The molecular formula is C22H17N3O3S. The molecule has 0 saturated heterocycles. The number of pyridine rings is 1. The Morgan fingerprint density at radius 1 is 0.966 bits per heavy atom. The van der Waals surface area contributed by atoms with Crippen LogP contribution in [0.4, 0.5) is 5.69 Å². The number of nitrogens with zero attached hydrogens (tertiary/aromatic N) is 2. The van der Waals surface area contributed by atoms with Gasteiger partial charge in [-0.15, -0.1) is 0 Å². The summed E-state index contributed by atoms with van der Waals surface area (Å²) in [6, 6.07) is 19.5. The van der Waals surface area contributed by atoms with Gasteiger partial charge in [0.1, 0.15) is 11.6 Å². The van der Waals surface area contributed by atoms with Crippen LogP contribution in [0.15, 0.2) is 82.8 Å². The number of carbonyl (C=O) groups excluding carboxylic acids is 3. The van der Waals surface area contributed by atoms with Crippen molar-refractivity contribution in [3.05, 3.63) is 84.1 Å². The maximum absolute atomic E-state index is 13.1. The molecule has 0 spiro atoms. The minimum Gasteiger partial charge on any atom is -0.347 e. The second-order valence-corrected chi connectivity index (χ2v) is 7.41. The number of fused-ring (bicyclic) bond motifs is 2. The first-order valence-electron chi connectivity index (χ1n) is 9.02. The fraction of sp³-hybridized carbons (Fsp3) is 0.0909. The summed E-state index contributed by atoms with van der Waals surface area (Å²) in [4.78, 5) is 44.5. The number of anilines is 1. The van der Waals surface area contributed by atoms with Crippen molar-refractivity contribution < 1.29 is 14.4 Å². The fourth-order valence-electron chi connectivity index (χ4n) is 3.02. The van der Waals surface area contributed by atoms with Crippen LogP contribution >= 0.6 is 11.8 Å². The number of hydrogen-bond donors (Lipinski definition) is 1. The maximum atomic E-state index is 13.1. The molecule has 4 rings (SSSR count). The molecule has 0 saturated carbocycles. The molecule has 3 aromatic rings. The number of ketones is 1. The minimum absolute atomic E-state index is 0.129. The molecule has 1 N–H and O–H groups in total. The third-order valence-electron chi connectivity index (χ3n) is 4.45. The Kier molecular flexibility index (Phi) is 5.39. The van der Waals surface area contributed by atoms with Crippen LogP contribution in [0.1, 0.15) is 20.7 Å². The summed E-state index contributed by atoms with van der Waals surface area (Å²) in [6.45, 7) is -0.329. The quantitative estimate of drug-likeness (QED) is 0.662. The summed E-state index contributed by atoms with van der Waals surface area (Å²) in [7, 11) is 0. The van der Waals surface area contributed by atoms with Crippen molar-refractivity contribution in [2.75, 3.05) is 18.0 Å². The van der Waals surface area contributed by atoms with Gasteiger partial charge in [0.15, 0.2) is 5.78 Å². The third kappa shape index (κ3) is 4.05. The number of carbonyl (C=O) groups is 3. The topological polar surface area (TPSA) is 79.4 Å². The predicted molar refractivity (Wildman–Crippen MR) is 110 cm³/mol. The Hall–Kier alpha value is -3.45. The van der Waals surface area contributed by atoms with Gasteiger partial charge < -0.3 is 5.32 Å². The molecule has 29 heavy (non-hydrogen) atoms. The van der Waals surface area contributed by atoms with Crippen LogP contribution in [0.2, 0.25) is 0 Å². The predicted octanol–water partition coefficient (Wildman–Crippen LogP) is 3.19. The maximum Gasteiger partial charge on any atom is 0.259 e. The van der Waals surface area contributed by atoms with E-state index in [2.05, 4.69) is 10.3 Å². The second kappa shape index (κ2) is 8.28. The molecule has 7 heteroatoms. The molecule has 0 unspecified atom stereocenters. The molecule has 1 aliphatic rings. The van der Waals surface area contributed by atoms with Gasteiger partial charge in [0.25, 0.3) is 5.91 Å². The van der Waals surface area contributed by atoms with Crippen LogP contribution in [0.25, 0.3) is 0 Å². The van der Waals surface area contributed by atoms with E-state index >= 15 is 0 Å². The number of rotatable bonds is 5. The molecule has 0 bridgehead atoms. The lowest BCUT2D eigenvalue weighted by Crippen LogP contribution is -2.42. The molecule has 1 aromatic heterocycles. The molecular weight excluding hydrogens is 386 g/mol. The van der Waals surface area contributed by atoms with Crippen molar-refractivity contribution in [2.45, 2.75) is 9.92 Å². The van der Waals surface area contributed by atoms with E-state index in [1.807, 2.05) is 18.2 Å². The van der Waals surface area contributed by atoms with Crippen molar-refractivity contribution in [1.82, 2.24) is 10.3 Å². The van der Waals surface area contributed by atoms with Crippen LogP contribution < -0.4 is 10.2 Å². The van der Waals surface area contributed by atoms with Gasteiger partial charge in [-0.1, -0.05) is 54.2 Å². The van der Waals surface area contributed by atoms with E-state index in [1.54, 1.807) is 54.7 Å². The van der Waals surface area contributed by atoms with Crippen LogP contribution in [0.5, 0.6) is 0 Å². The molecule has 0 atom stereocenters. The van der Waals surface area contributed by atoms with Gasteiger partial charge in [-0.25, -0.2) is 4.98 Å². The highest BCUT2D eigenvalue weighted by Crippen LogP contribution is 2.39. The summed E-state index contributed by atoms with van der Waals surface area (Å²) in [5, 5.41) is 3.27. The van der Waals surface area contributed by atoms with Crippen LogP contribution in [0, 0.1) is 0 Å². The van der Waals surface area contributed by atoms with Crippen molar-refractivity contribution in [3.8, 4) is 0 Å². The van der Waals surface area contributed by atoms with E-state index in [0.29, 0.717) is 21.8 Å². The van der Waals surface area contributed by atoms with E-state index in [9.17, 15) is 14.4 Å². The summed E-state index contributed by atoms with van der Waals surface area (Å²) < 4.78 is 0. The van der Waals surface area contributed by atoms with Crippen molar-refractivity contribution >= 4 is 35.0 Å². The van der Waals surface area contributed by atoms with Crippen molar-refractivity contribution in [3.63, 3.8) is 0 Å². The number of amides is 2. The smallest absolute Gasteiger partial charge is 0.259 e. The molecule has 0 fully saturated rings. The molecule has 2 heterocycles. The van der Waals surface area contributed by atoms with Crippen LogP contribution in [-0.4, -0.2) is 35.7 Å². The van der Waals surface area contributed by atoms with Crippen LogP contribution in [-0.2, 0) is 4.79 Å². The van der Waals surface area contributed by atoms with Gasteiger partial charge >= 0.3 is 0 Å². The summed E-state index contributed by atoms with van der Waals surface area (Å²) >= 11 is 1.39. The highest BCUT2D eigenvalue weighted by Gasteiger charge is 2.29. The van der Waals surface area contributed by atoms with E-state index in [1.165, 1.54) is 16.7 Å². The summed E-state index contributed by atoms with van der Waals surface area (Å²) in [6.07, 6.45) is 1.65. The lowest BCUT2D eigenvalue weighted by Gasteiger charge is -2.21. The number of Topliss-reactive ketones (excluding diaryl/α,β-unsaturated/α-hetero) is 1. The molecule has 2 aromatic carbocycles. The molecule has 2 amide bonds. The largest absolute Gasteiger partial charge is 0.347 e. The first kappa shape index (κ1) is 18.9. The zero-order chi connectivity index (χ0) is 20.2. The van der Waals surface area contributed by atoms with E-state index < -0.39 is 5.91 Å². The first-order valence-corrected chi connectivity index (χ1v) is 9.84. The average Bonchev–Trinajstić information content (AvgIpc) is 2.87. The number of benzene rings is 2. The van der Waals surface area contributed by atoms with E-state index in [4.69, 9.17) is 0 Å². The minimum atomic E-state index is -0.415. The fourth-order valence-corrected chi connectivity index (χ4v) is 4.04. The molecule has 6 nitrogen and oxygen atoms in total. The second-order valence-electron chi connectivity index (χ2n) is 6.38. The lowest BCUT2D eigenvalue weighted by molar-refractivity contribution is -0.119. The van der Waals surface area contributed by atoms with E-state index in [-0.39, 0.29) is 24.8 Å². The normalized spacial score (nSPS) is 12.6. The summed E-state index contributed by atoms with van der Waals surface area (Å²) in [5.74, 6) is -0.879. The van der Waals surface area contributed by atoms with Gasteiger partial charge in [0.05, 0.1) is 17.8 Å². The monoisotopic (exact) mass is 403 g/mol. The number of hydrogen-bond acceptors (Lipinski definition) is 5. The molecule has 0 aliphatic carbocycles. The zero-order valence-corrected chi connectivity index (χ0v) is 16.2. The van der Waals surface area contributed by atoms with Crippen molar-refractivity contribution in [1.29, 1.82) is 0 Å². The Morgan fingerprint density at radius 3 is 2.55 bits per heavy atom. The lowest BCUT2D eigenvalue weighted by atomic mass is 10.1. The number of aromatic nitrogens is 1.